The molecule has 0 aliphatic rings. The van der Waals surface area contributed by atoms with E-state index >= 15 is 0 Å². The molecule has 15 heavy (non-hydrogen) atoms. The normalized spacial score (nSPS) is 10.2. The number of thiazole rings is 1. The number of aromatic nitrogens is 2. The Bertz CT molecular complexity index is 508. The maximum atomic E-state index is 10.9. The van der Waals surface area contributed by atoms with Crippen molar-refractivity contribution in [2.75, 3.05) is 0 Å². The summed E-state index contributed by atoms with van der Waals surface area (Å²) in [5.74, 6) is -0.999. The Morgan fingerprint density at radius 1 is 1.47 bits per heavy atom. The minimum Gasteiger partial charge on any atom is -0.476 e. The number of rotatable bonds is 2. The van der Waals surface area contributed by atoms with Crippen molar-refractivity contribution >= 4 is 17.3 Å². The minimum atomic E-state index is -0.999. The largest absolute Gasteiger partial charge is 0.476 e. The van der Waals surface area contributed by atoms with Crippen LogP contribution in [0.2, 0.25) is 0 Å². The van der Waals surface area contributed by atoms with Gasteiger partial charge in [0, 0.05) is 11.9 Å². The van der Waals surface area contributed by atoms with Gasteiger partial charge < -0.3 is 5.11 Å². The molecule has 0 atom stereocenters. The van der Waals surface area contributed by atoms with E-state index in [9.17, 15) is 4.79 Å². The molecule has 2 heterocycles. The van der Waals surface area contributed by atoms with Crippen LogP contribution in [0.5, 0.6) is 0 Å². The van der Waals surface area contributed by atoms with Crippen LogP contribution in [0.4, 0.5) is 0 Å². The van der Waals surface area contributed by atoms with Crippen LogP contribution < -0.4 is 0 Å². The van der Waals surface area contributed by atoms with E-state index in [4.69, 9.17) is 5.11 Å². The third kappa shape index (κ3) is 1.87. The zero-order valence-corrected chi connectivity index (χ0v) is 8.78. The maximum absolute atomic E-state index is 10.9. The van der Waals surface area contributed by atoms with Crippen LogP contribution in [0, 0.1) is 6.92 Å². The summed E-state index contributed by atoms with van der Waals surface area (Å²) in [6, 6.07) is 3.63. The van der Waals surface area contributed by atoms with Gasteiger partial charge in [0.1, 0.15) is 0 Å². The average molecular weight is 220 g/mol. The number of carboxylic acids is 1. The first kappa shape index (κ1) is 9.79. The van der Waals surface area contributed by atoms with Crippen molar-refractivity contribution < 1.29 is 9.90 Å². The summed E-state index contributed by atoms with van der Waals surface area (Å²) in [4.78, 5) is 19.4. The summed E-state index contributed by atoms with van der Waals surface area (Å²) in [6.07, 6.45) is 1.66. The molecule has 0 bridgehead atoms. The number of carbonyl (C=O) groups is 1. The van der Waals surface area contributed by atoms with Crippen LogP contribution in [0.1, 0.15) is 16.2 Å². The Kier molecular flexibility index (Phi) is 2.47. The highest BCUT2D eigenvalue weighted by Crippen LogP contribution is 2.27. The van der Waals surface area contributed by atoms with Crippen LogP contribution in [0.25, 0.3) is 10.4 Å². The molecule has 2 rings (SSSR count). The fraction of sp³-hybridized carbons (Fsp3) is 0.100. The highest BCUT2D eigenvalue weighted by molar-refractivity contribution is 7.13. The van der Waals surface area contributed by atoms with Gasteiger partial charge in [0.15, 0.2) is 5.69 Å². The van der Waals surface area contributed by atoms with Gasteiger partial charge in [-0.1, -0.05) is 0 Å². The van der Waals surface area contributed by atoms with Crippen LogP contribution >= 0.6 is 11.3 Å². The van der Waals surface area contributed by atoms with E-state index in [0.717, 1.165) is 11.3 Å². The average Bonchev–Trinajstić information content (AvgIpc) is 2.65. The minimum absolute atomic E-state index is 0.102. The van der Waals surface area contributed by atoms with Crippen molar-refractivity contribution in [3.05, 3.63) is 35.2 Å². The number of nitrogens with zero attached hydrogens (tertiary/aromatic N) is 2. The second kappa shape index (κ2) is 3.78. The van der Waals surface area contributed by atoms with Gasteiger partial charge in [-0.2, -0.15) is 0 Å². The molecule has 0 saturated heterocycles. The molecule has 0 aliphatic carbocycles. The highest BCUT2D eigenvalue weighted by Gasteiger charge is 2.14. The van der Waals surface area contributed by atoms with Gasteiger partial charge in [-0.15, -0.1) is 11.3 Å². The Morgan fingerprint density at radius 2 is 2.27 bits per heavy atom. The number of hydrogen-bond acceptors (Lipinski definition) is 4. The van der Waals surface area contributed by atoms with Crippen molar-refractivity contribution in [1.82, 2.24) is 9.97 Å². The van der Waals surface area contributed by atoms with E-state index < -0.39 is 5.97 Å². The quantitative estimate of drug-likeness (QED) is 0.842. The summed E-state index contributed by atoms with van der Waals surface area (Å²) in [5.41, 5.74) is 3.35. The molecule has 0 radical (unpaired) electrons. The van der Waals surface area contributed by atoms with Crippen molar-refractivity contribution in [3.8, 4) is 10.4 Å². The first-order valence-corrected chi connectivity index (χ1v) is 5.16. The van der Waals surface area contributed by atoms with Crippen molar-refractivity contribution in [2.45, 2.75) is 6.92 Å². The lowest BCUT2D eigenvalue weighted by atomic mass is 10.2. The first-order chi connectivity index (χ1) is 7.18. The molecule has 0 amide bonds. The fourth-order valence-corrected chi connectivity index (χ4v) is 2.07. The Hall–Kier alpha value is -1.75. The molecule has 4 nitrogen and oxygen atoms in total. The Balaban J connectivity index is 2.54. The van der Waals surface area contributed by atoms with E-state index in [1.165, 1.54) is 16.8 Å². The van der Waals surface area contributed by atoms with Crippen molar-refractivity contribution in [3.63, 3.8) is 0 Å². The molecular formula is C10H8N2O2S. The standard InChI is InChI=1S/C10H8N2O2S/c1-6-4-7(2-3-11-6)9-8(10(13)14)12-5-15-9/h2-5H,1H3,(H,13,14). The van der Waals surface area contributed by atoms with Crippen LogP contribution in [0.3, 0.4) is 0 Å². The predicted octanol–water partition coefficient (Wildman–Crippen LogP) is 2.21. The second-order valence-corrected chi connectivity index (χ2v) is 3.88. The maximum Gasteiger partial charge on any atom is 0.356 e. The topological polar surface area (TPSA) is 63.1 Å². The van der Waals surface area contributed by atoms with Crippen molar-refractivity contribution in [2.24, 2.45) is 0 Å². The lowest BCUT2D eigenvalue weighted by Gasteiger charge is -1.99. The summed E-state index contributed by atoms with van der Waals surface area (Å²) in [7, 11) is 0. The number of carboxylic acid groups (broad SMARTS) is 1. The summed E-state index contributed by atoms with van der Waals surface area (Å²) in [5, 5.41) is 8.91. The number of aryl methyl sites for hydroxylation is 1. The van der Waals surface area contributed by atoms with Gasteiger partial charge in [-0.3, -0.25) is 4.98 Å². The third-order valence-electron chi connectivity index (χ3n) is 1.93. The smallest absolute Gasteiger partial charge is 0.356 e. The lowest BCUT2D eigenvalue weighted by molar-refractivity contribution is 0.0692. The van der Waals surface area contributed by atoms with Gasteiger partial charge in [-0.25, -0.2) is 9.78 Å². The van der Waals surface area contributed by atoms with E-state index in [1.54, 1.807) is 12.3 Å². The molecule has 0 aliphatic heterocycles. The van der Waals surface area contributed by atoms with Gasteiger partial charge in [0.05, 0.1) is 10.4 Å². The zero-order valence-electron chi connectivity index (χ0n) is 7.97. The van der Waals surface area contributed by atoms with Crippen molar-refractivity contribution in [1.29, 1.82) is 0 Å². The molecule has 0 unspecified atom stereocenters. The number of pyridine rings is 1. The highest BCUT2D eigenvalue weighted by atomic mass is 32.1. The van der Waals surface area contributed by atoms with Crippen LogP contribution in [0.15, 0.2) is 23.8 Å². The van der Waals surface area contributed by atoms with Crippen LogP contribution in [-0.2, 0) is 0 Å². The second-order valence-electron chi connectivity index (χ2n) is 3.02. The molecule has 0 spiro atoms. The SMILES string of the molecule is Cc1cc(-c2scnc2C(=O)O)ccn1. The van der Waals surface area contributed by atoms with E-state index in [2.05, 4.69) is 9.97 Å². The molecule has 5 heteroatoms. The fourth-order valence-electron chi connectivity index (χ4n) is 1.29. The van der Waals surface area contributed by atoms with E-state index in [-0.39, 0.29) is 5.69 Å². The van der Waals surface area contributed by atoms with Gasteiger partial charge in [0.2, 0.25) is 0 Å². The molecule has 1 N–H and O–H groups in total. The Morgan fingerprint density at radius 3 is 2.93 bits per heavy atom. The monoisotopic (exact) mass is 220 g/mol. The first-order valence-electron chi connectivity index (χ1n) is 4.28. The number of aromatic carboxylic acids is 1. The summed E-state index contributed by atoms with van der Waals surface area (Å²) in [6.45, 7) is 1.87. The third-order valence-corrected chi connectivity index (χ3v) is 2.80. The van der Waals surface area contributed by atoms with Gasteiger partial charge in [0.25, 0.3) is 0 Å². The van der Waals surface area contributed by atoms with Crippen LogP contribution in [-0.4, -0.2) is 21.0 Å². The van der Waals surface area contributed by atoms with E-state index in [1.807, 2.05) is 13.0 Å². The Labute approximate surface area is 90.3 Å². The van der Waals surface area contributed by atoms with Gasteiger partial charge >= 0.3 is 5.97 Å². The molecule has 0 fully saturated rings. The lowest BCUT2D eigenvalue weighted by Crippen LogP contribution is -1.98. The molecule has 76 valence electrons. The van der Waals surface area contributed by atoms with Gasteiger partial charge in [-0.05, 0) is 24.6 Å². The summed E-state index contributed by atoms with van der Waals surface area (Å²) >= 11 is 1.32. The predicted molar refractivity (Wildman–Crippen MR) is 57.0 cm³/mol. The summed E-state index contributed by atoms with van der Waals surface area (Å²) < 4.78 is 0. The zero-order chi connectivity index (χ0) is 10.8. The molecule has 2 aromatic heterocycles. The van der Waals surface area contributed by atoms with E-state index in [0.29, 0.717) is 4.88 Å². The molecule has 2 aromatic rings. The molecule has 0 aromatic carbocycles. The molecular weight excluding hydrogens is 212 g/mol. The number of hydrogen-bond donors (Lipinski definition) is 1. The molecule has 0 saturated carbocycles.